The van der Waals surface area contributed by atoms with Crippen molar-refractivity contribution in [3.63, 3.8) is 0 Å². The van der Waals surface area contributed by atoms with Gasteiger partial charge in [0.1, 0.15) is 0 Å². The van der Waals surface area contributed by atoms with Crippen molar-refractivity contribution in [2.24, 2.45) is 5.10 Å². The average Bonchev–Trinajstić information content (AvgIpc) is 3.02. The van der Waals surface area contributed by atoms with E-state index in [0.717, 1.165) is 5.56 Å². The molecule has 0 heterocycles. The summed E-state index contributed by atoms with van der Waals surface area (Å²) in [7, 11) is 0. The second kappa shape index (κ2) is 7.99. The fraction of sp³-hybridized carbons (Fsp3) is 0.0909. The molecule has 0 radical (unpaired) electrons. The molecule has 1 amide bonds. The van der Waals surface area contributed by atoms with Crippen LogP contribution in [0.4, 0.5) is 0 Å². The first-order chi connectivity index (χ1) is 13.2. The molecule has 1 N–H and O–H groups in total. The zero-order valence-corrected chi connectivity index (χ0v) is 16.0. The molecule has 3 aromatic carbocycles. The van der Waals surface area contributed by atoms with Gasteiger partial charge in [-0.3, -0.25) is 4.79 Å². The molecule has 4 rings (SSSR count). The van der Waals surface area contributed by atoms with Crippen LogP contribution >= 0.6 is 23.4 Å². The summed E-state index contributed by atoms with van der Waals surface area (Å²) in [5.74, 6) is 0.220. The van der Waals surface area contributed by atoms with Gasteiger partial charge in [-0.15, -0.1) is 11.8 Å². The smallest absolute Gasteiger partial charge is 0.250 e. The van der Waals surface area contributed by atoms with E-state index in [0.29, 0.717) is 10.8 Å². The summed E-state index contributed by atoms with van der Waals surface area (Å²) in [5.41, 5.74) is 8.52. The van der Waals surface area contributed by atoms with Gasteiger partial charge in [0.25, 0.3) is 0 Å². The highest BCUT2D eigenvalue weighted by atomic mass is 35.5. The molecule has 0 fully saturated rings. The lowest BCUT2D eigenvalue weighted by Gasteiger charge is -2.12. The SMILES string of the molecule is O=C(CSC1c2ccccc2-c2ccccc21)N/N=C/c1ccc(Cl)cc1. The molecular formula is C22H17ClN2OS. The van der Waals surface area contributed by atoms with E-state index in [2.05, 4.69) is 59.1 Å². The summed E-state index contributed by atoms with van der Waals surface area (Å²) in [6, 6.07) is 24.1. The van der Waals surface area contributed by atoms with Crippen molar-refractivity contribution in [1.82, 2.24) is 5.43 Å². The maximum Gasteiger partial charge on any atom is 0.250 e. The maximum absolute atomic E-state index is 12.2. The Morgan fingerprint density at radius 2 is 1.56 bits per heavy atom. The summed E-state index contributed by atoms with van der Waals surface area (Å²) in [5, 5.41) is 4.86. The zero-order valence-electron chi connectivity index (χ0n) is 14.4. The number of nitrogens with one attached hydrogen (secondary N) is 1. The summed E-state index contributed by atoms with van der Waals surface area (Å²) < 4.78 is 0. The molecule has 0 saturated carbocycles. The second-order valence-corrected chi connectivity index (χ2v) is 7.74. The molecule has 134 valence electrons. The molecule has 5 heteroatoms. The number of benzene rings is 3. The second-order valence-electron chi connectivity index (χ2n) is 6.21. The largest absolute Gasteiger partial charge is 0.272 e. The number of hydrogen-bond donors (Lipinski definition) is 1. The number of thioether (sulfide) groups is 1. The minimum atomic E-state index is -0.118. The van der Waals surface area contributed by atoms with Gasteiger partial charge in [-0.05, 0) is 39.9 Å². The van der Waals surface area contributed by atoms with Gasteiger partial charge in [0.2, 0.25) is 5.91 Å². The van der Waals surface area contributed by atoms with Crippen LogP contribution in [0.5, 0.6) is 0 Å². The predicted molar refractivity (Wildman–Crippen MR) is 113 cm³/mol. The Morgan fingerprint density at radius 3 is 2.19 bits per heavy atom. The minimum Gasteiger partial charge on any atom is -0.272 e. The molecular weight excluding hydrogens is 376 g/mol. The minimum absolute atomic E-state index is 0.118. The Kier molecular flexibility index (Phi) is 5.28. The molecule has 3 aromatic rings. The molecule has 0 spiro atoms. The van der Waals surface area contributed by atoms with Gasteiger partial charge in [0.15, 0.2) is 0 Å². The van der Waals surface area contributed by atoms with Crippen LogP contribution in [0.2, 0.25) is 5.02 Å². The highest BCUT2D eigenvalue weighted by molar-refractivity contribution is 8.00. The zero-order chi connectivity index (χ0) is 18.6. The van der Waals surface area contributed by atoms with Crippen molar-refractivity contribution < 1.29 is 4.79 Å². The third kappa shape index (κ3) is 3.92. The summed E-state index contributed by atoms with van der Waals surface area (Å²) in [6.07, 6.45) is 1.61. The lowest BCUT2D eigenvalue weighted by atomic mass is 10.1. The van der Waals surface area contributed by atoms with E-state index >= 15 is 0 Å². The standard InChI is InChI=1S/C22H17ClN2OS/c23-16-11-9-15(10-12-16)13-24-25-21(26)14-27-22-19-7-3-1-5-17(19)18-6-2-4-8-20(18)22/h1-13,22H,14H2,(H,25,26)/b24-13+. The van der Waals surface area contributed by atoms with E-state index in [1.807, 2.05) is 12.1 Å². The van der Waals surface area contributed by atoms with Crippen molar-refractivity contribution in [3.8, 4) is 11.1 Å². The van der Waals surface area contributed by atoms with E-state index in [1.165, 1.54) is 22.3 Å². The van der Waals surface area contributed by atoms with Crippen LogP contribution in [0.15, 0.2) is 77.9 Å². The third-order valence-electron chi connectivity index (χ3n) is 4.43. The lowest BCUT2D eigenvalue weighted by Crippen LogP contribution is -2.20. The van der Waals surface area contributed by atoms with Gasteiger partial charge in [0.05, 0.1) is 17.2 Å². The molecule has 27 heavy (non-hydrogen) atoms. The number of rotatable bonds is 5. The number of fused-ring (bicyclic) bond motifs is 3. The summed E-state index contributed by atoms with van der Waals surface area (Å²) in [6.45, 7) is 0. The van der Waals surface area contributed by atoms with Crippen LogP contribution in [-0.2, 0) is 4.79 Å². The first kappa shape index (κ1) is 17.8. The predicted octanol–water partition coefficient (Wildman–Crippen LogP) is 5.29. The molecule has 0 atom stereocenters. The molecule has 0 bridgehead atoms. The fourth-order valence-corrected chi connectivity index (χ4v) is 4.49. The van der Waals surface area contributed by atoms with Gasteiger partial charge >= 0.3 is 0 Å². The Balaban J connectivity index is 1.40. The molecule has 1 aliphatic carbocycles. The van der Waals surface area contributed by atoms with Crippen molar-refractivity contribution in [1.29, 1.82) is 0 Å². The van der Waals surface area contributed by atoms with Gasteiger partial charge in [-0.25, -0.2) is 5.43 Å². The molecule has 0 aliphatic heterocycles. The molecule has 1 aliphatic rings. The van der Waals surface area contributed by atoms with E-state index < -0.39 is 0 Å². The van der Waals surface area contributed by atoms with Gasteiger partial charge in [-0.1, -0.05) is 72.3 Å². The molecule has 0 aromatic heterocycles. The van der Waals surface area contributed by atoms with Crippen LogP contribution in [0.25, 0.3) is 11.1 Å². The highest BCUT2D eigenvalue weighted by Gasteiger charge is 2.28. The Morgan fingerprint density at radius 1 is 0.963 bits per heavy atom. The van der Waals surface area contributed by atoms with Gasteiger partial charge < -0.3 is 0 Å². The number of halogens is 1. The highest BCUT2D eigenvalue weighted by Crippen LogP contribution is 2.49. The van der Waals surface area contributed by atoms with E-state index in [1.54, 1.807) is 30.1 Å². The van der Waals surface area contributed by atoms with Crippen molar-refractivity contribution in [3.05, 3.63) is 94.5 Å². The van der Waals surface area contributed by atoms with Gasteiger partial charge in [0, 0.05) is 5.02 Å². The average molecular weight is 393 g/mol. The fourth-order valence-electron chi connectivity index (χ4n) is 3.21. The molecule has 3 nitrogen and oxygen atoms in total. The first-order valence-electron chi connectivity index (χ1n) is 8.59. The quantitative estimate of drug-likeness (QED) is 0.473. The number of hydrogen-bond acceptors (Lipinski definition) is 3. The van der Waals surface area contributed by atoms with Crippen LogP contribution in [0.3, 0.4) is 0 Å². The van der Waals surface area contributed by atoms with Crippen molar-refractivity contribution >= 4 is 35.5 Å². The number of carbonyl (C=O) groups excluding carboxylic acids is 1. The summed E-state index contributed by atoms with van der Waals surface area (Å²) >= 11 is 7.48. The Hall–Kier alpha value is -2.56. The van der Waals surface area contributed by atoms with E-state index in [4.69, 9.17) is 11.6 Å². The Labute approximate surface area is 167 Å². The first-order valence-corrected chi connectivity index (χ1v) is 10.0. The molecule has 0 saturated heterocycles. The monoisotopic (exact) mass is 392 g/mol. The topological polar surface area (TPSA) is 41.5 Å². The normalized spacial score (nSPS) is 12.8. The van der Waals surface area contributed by atoms with Crippen molar-refractivity contribution in [2.75, 3.05) is 5.75 Å². The number of carbonyl (C=O) groups is 1. The molecule has 0 unspecified atom stereocenters. The van der Waals surface area contributed by atoms with Crippen molar-refractivity contribution in [2.45, 2.75) is 5.25 Å². The maximum atomic E-state index is 12.2. The van der Waals surface area contributed by atoms with Gasteiger partial charge in [-0.2, -0.15) is 5.10 Å². The lowest BCUT2D eigenvalue weighted by molar-refractivity contribution is -0.118. The third-order valence-corrected chi connectivity index (χ3v) is 5.95. The van der Waals surface area contributed by atoms with Crippen LogP contribution in [-0.4, -0.2) is 17.9 Å². The van der Waals surface area contributed by atoms with Crippen LogP contribution in [0, 0.1) is 0 Å². The van der Waals surface area contributed by atoms with E-state index in [9.17, 15) is 4.79 Å². The van der Waals surface area contributed by atoms with Crippen LogP contribution in [0.1, 0.15) is 21.9 Å². The summed E-state index contributed by atoms with van der Waals surface area (Å²) in [4.78, 5) is 12.2. The van der Waals surface area contributed by atoms with E-state index in [-0.39, 0.29) is 11.2 Å². The number of hydrazone groups is 1. The number of nitrogens with zero attached hydrogens (tertiary/aromatic N) is 1. The Bertz CT molecular complexity index is 956. The van der Waals surface area contributed by atoms with Crippen LogP contribution < -0.4 is 5.43 Å². The number of amides is 1.